The van der Waals surface area contributed by atoms with E-state index in [0.717, 1.165) is 44.2 Å². The van der Waals surface area contributed by atoms with Gasteiger partial charge in [-0.3, -0.25) is 4.98 Å². The quantitative estimate of drug-likeness (QED) is 0.925. The summed E-state index contributed by atoms with van der Waals surface area (Å²) >= 11 is 0. The molecule has 2 aromatic heterocycles. The van der Waals surface area contributed by atoms with Crippen LogP contribution in [0.4, 0.5) is 11.8 Å². The van der Waals surface area contributed by atoms with Gasteiger partial charge in [-0.2, -0.15) is 4.98 Å². The minimum absolute atomic E-state index is 0.249. The zero-order chi connectivity index (χ0) is 15.6. The van der Waals surface area contributed by atoms with Crippen molar-refractivity contribution in [1.82, 2.24) is 15.0 Å². The Morgan fingerprint density at radius 1 is 1.09 bits per heavy atom. The third-order valence-electron chi connectivity index (χ3n) is 4.67. The summed E-state index contributed by atoms with van der Waals surface area (Å²) in [6, 6.07) is 6.04. The number of aliphatic hydroxyl groups excluding tert-OH is 1. The highest BCUT2D eigenvalue weighted by Gasteiger charge is 2.30. The molecular formula is C17H21N5O. The Morgan fingerprint density at radius 3 is 2.78 bits per heavy atom. The molecule has 4 rings (SSSR count). The average molecular weight is 311 g/mol. The molecule has 23 heavy (non-hydrogen) atoms. The van der Waals surface area contributed by atoms with Gasteiger partial charge < -0.3 is 14.9 Å². The fourth-order valence-corrected chi connectivity index (χ4v) is 3.30. The van der Waals surface area contributed by atoms with Crippen molar-refractivity contribution in [2.45, 2.75) is 24.9 Å². The Morgan fingerprint density at radius 2 is 2.00 bits per heavy atom. The second-order valence-electron chi connectivity index (χ2n) is 6.35. The van der Waals surface area contributed by atoms with Gasteiger partial charge in [-0.25, -0.2) is 4.98 Å². The Kier molecular flexibility index (Phi) is 3.83. The molecule has 1 atom stereocenters. The second-order valence-corrected chi connectivity index (χ2v) is 6.35. The molecule has 2 saturated heterocycles. The number of nitrogens with zero attached hydrogens (tertiary/aromatic N) is 5. The van der Waals surface area contributed by atoms with Gasteiger partial charge in [-0.05, 0) is 30.5 Å². The summed E-state index contributed by atoms with van der Waals surface area (Å²) in [5.74, 6) is 2.20. The lowest BCUT2D eigenvalue weighted by Crippen LogP contribution is -2.46. The summed E-state index contributed by atoms with van der Waals surface area (Å²) in [6.45, 7) is 3.47. The molecule has 2 aliphatic heterocycles. The van der Waals surface area contributed by atoms with E-state index in [1.807, 2.05) is 24.5 Å². The van der Waals surface area contributed by atoms with Crippen molar-refractivity contribution in [3.8, 4) is 0 Å². The van der Waals surface area contributed by atoms with Crippen molar-refractivity contribution < 1.29 is 5.11 Å². The van der Waals surface area contributed by atoms with Crippen LogP contribution in [-0.4, -0.2) is 52.3 Å². The smallest absolute Gasteiger partial charge is 0.227 e. The largest absolute Gasteiger partial charge is 0.391 e. The van der Waals surface area contributed by atoms with Crippen molar-refractivity contribution >= 4 is 11.8 Å². The predicted octanol–water partition coefficient (Wildman–Crippen LogP) is 1.44. The molecule has 1 unspecified atom stereocenters. The average Bonchev–Trinajstić information content (AvgIpc) is 2.55. The molecule has 0 bridgehead atoms. The summed E-state index contributed by atoms with van der Waals surface area (Å²) in [6.07, 6.45) is 7.20. The van der Waals surface area contributed by atoms with Crippen LogP contribution in [-0.2, 0) is 0 Å². The van der Waals surface area contributed by atoms with Gasteiger partial charge in [0.15, 0.2) is 0 Å². The van der Waals surface area contributed by atoms with Gasteiger partial charge in [0.1, 0.15) is 5.82 Å². The first-order chi connectivity index (χ1) is 11.3. The van der Waals surface area contributed by atoms with E-state index in [-0.39, 0.29) is 6.10 Å². The van der Waals surface area contributed by atoms with Crippen molar-refractivity contribution in [3.63, 3.8) is 0 Å². The lowest BCUT2D eigenvalue weighted by molar-refractivity contribution is 0.154. The highest BCUT2D eigenvalue weighted by Crippen LogP contribution is 2.30. The molecule has 0 aromatic carbocycles. The SMILES string of the molecule is OC1CCCN(c2ccnc(N3CC(c4cccnc4)C3)n2)C1. The van der Waals surface area contributed by atoms with Gasteiger partial charge in [-0.1, -0.05) is 6.07 Å². The van der Waals surface area contributed by atoms with E-state index >= 15 is 0 Å². The Labute approximate surface area is 135 Å². The van der Waals surface area contributed by atoms with Crippen LogP contribution in [0.5, 0.6) is 0 Å². The number of piperidine rings is 1. The van der Waals surface area contributed by atoms with Gasteiger partial charge in [0.05, 0.1) is 6.10 Å². The lowest BCUT2D eigenvalue weighted by atomic mass is 9.93. The molecule has 2 aromatic rings. The topological polar surface area (TPSA) is 65.4 Å². The van der Waals surface area contributed by atoms with Gasteiger partial charge in [0.2, 0.25) is 5.95 Å². The van der Waals surface area contributed by atoms with Crippen LogP contribution in [0, 0.1) is 0 Å². The predicted molar refractivity (Wildman–Crippen MR) is 88.7 cm³/mol. The molecule has 0 radical (unpaired) electrons. The minimum Gasteiger partial charge on any atom is -0.391 e. The Balaban J connectivity index is 1.44. The molecule has 0 spiro atoms. The highest BCUT2D eigenvalue weighted by molar-refractivity contribution is 5.47. The molecule has 6 nitrogen and oxygen atoms in total. The maximum atomic E-state index is 9.84. The molecule has 4 heterocycles. The number of pyridine rings is 1. The van der Waals surface area contributed by atoms with E-state index < -0.39 is 0 Å². The molecule has 1 N–H and O–H groups in total. The van der Waals surface area contributed by atoms with Crippen molar-refractivity contribution in [2.24, 2.45) is 0 Å². The third-order valence-corrected chi connectivity index (χ3v) is 4.67. The van der Waals surface area contributed by atoms with Crippen LogP contribution < -0.4 is 9.80 Å². The first-order valence-corrected chi connectivity index (χ1v) is 8.20. The maximum absolute atomic E-state index is 9.84. The lowest BCUT2D eigenvalue weighted by Gasteiger charge is -2.40. The van der Waals surface area contributed by atoms with Crippen LogP contribution in [0.1, 0.15) is 24.3 Å². The number of aromatic nitrogens is 3. The number of aliphatic hydroxyl groups is 1. The molecule has 0 saturated carbocycles. The standard InChI is InChI=1S/C17H21N5O/c23-15-4-2-8-21(12-15)16-5-7-19-17(20-16)22-10-14(11-22)13-3-1-6-18-9-13/h1,3,5-7,9,14-15,23H,2,4,8,10-12H2. The maximum Gasteiger partial charge on any atom is 0.227 e. The highest BCUT2D eigenvalue weighted by atomic mass is 16.3. The summed E-state index contributed by atoms with van der Waals surface area (Å²) in [5, 5.41) is 9.84. The summed E-state index contributed by atoms with van der Waals surface area (Å²) in [4.78, 5) is 17.6. The normalized spacial score (nSPS) is 22.0. The first-order valence-electron chi connectivity index (χ1n) is 8.20. The fraction of sp³-hybridized carbons (Fsp3) is 0.471. The zero-order valence-corrected chi connectivity index (χ0v) is 13.0. The Bertz CT molecular complexity index is 659. The third kappa shape index (κ3) is 2.99. The van der Waals surface area contributed by atoms with E-state index in [9.17, 15) is 5.11 Å². The number of anilines is 2. The van der Waals surface area contributed by atoms with Crippen molar-refractivity contribution in [1.29, 1.82) is 0 Å². The molecular weight excluding hydrogens is 290 g/mol. The number of hydrogen-bond donors (Lipinski definition) is 1. The van der Waals surface area contributed by atoms with Gasteiger partial charge in [0.25, 0.3) is 0 Å². The van der Waals surface area contributed by atoms with E-state index in [2.05, 4.69) is 25.8 Å². The van der Waals surface area contributed by atoms with E-state index in [1.165, 1.54) is 5.56 Å². The molecule has 6 heteroatoms. The zero-order valence-electron chi connectivity index (χ0n) is 13.0. The fourth-order valence-electron chi connectivity index (χ4n) is 3.30. The van der Waals surface area contributed by atoms with Crippen LogP contribution >= 0.6 is 0 Å². The van der Waals surface area contributed by atoms with Crippen molar-refractivity contribution in [2.75, 3.05) is 36.0 Å². The first kappa shape index (κ1) is 14.4. The van der Waals surface area contributed by atoms with E-state index in [4.69, 9.17) is 4.98 Å². The summed E-state index contributed by atoms with van der Waals surface area (Å²) in [5.41, 5.74) is 1.28. The number of β-amino-alcohol motifs (C(OH)–C–C–N with tert-alkyl or cyclic N) is 1. The molecule has 0 amide bonds. The van der Waals surface area contributed by atoms with Crippen LogP contribution in [0.25, 0.3) is 0 Å². The number of rotatable bonds is 3. The second kappa shape index (κ2) is 6.12. The van der Waals surface area contributed by atoms with Crippen molar-refractivity contribution in [3.05, 3.63) is 42.4 Å². The molecule has 0 aliphatic carbocycles. The van der Waals surface area contributed by atoms with Gasteiger partial charge in [-0.15, -0.1) is 0 Å². The molecule has 2 aliphatic rings. The van der Waals surface area contributed by atoms with Crippen LogP contribution in [0.15, 0.2) is 36.8 Å². The molecule has 2 fully saturated rings. The summed E-state index contributed by atoms with van der Waals surface area (Å²) < 4.78 is 0. The van der Waals surface area contributed by atoms with Gasteiger partial charge in [0, 0.05) is 50.7 Å². The minimum atomic E-state index is -0.249. The van der Waals surface area contributed by atoms with Crippen LogP contribution in [0.3, 0.4) is 0 Å². The number of hydrogen-bond acceptors (Lipinski definition) is 6. The monoisotopic (exact) mass is 311 g/mol. The van der Waals surface area contributed by atoms with E-state index in [1.54, 1.807) is 6.20 Å². The summed E-state index contributed by atoms with van der Waals surface area (Å²) in [7, 11) is 0. The Hall–Kier alpha value is -2.21. The molecule has 120 valence electrons. The van der Waals surface area contributed by atoms with Crippen LogP contribution in [0.2, 0.25) is 0 Å². The van der Waals surface area contributed by atoms with Gasteiger partial charge >= 0.3 is 0 Å². The van der Waals surface area contributed by atoms with E-state index in [0.29, 0.717) is 12.5 Å².